The van der Waals surface area contributed by atoms with Crippen LogP contribution < -0.4 is 22.5 Å². The summed E-state index contributed by atoms with van der Waals surface area (Å²) in [4.78, 5) is 4.15. The van der Waals surface area contributed by atoms with Gasteiger partial charge in [0.2, 0.25) is 0 Å². The summed E-state index contributed by atoms with van der Waals surface area (Å²) >= 11 is 3.38. The van der Waals surface area contributed by atoms with E-state index in [0.29, 0.717) is 0 Å². The van der Waals surface area contributed by atoms with E-state index >= 15 is 0 Å². The number of fused-ring (bicyclic) bond motifs is 12. The van der Waals surface area contributed by atoms with Crippen molar-refractivity contribution in [2.75, 3.05) is 4.44 Å². The first-order valence-corrected chi connectivity index (χ1v) is 21.7. The van der Waals surface area contributed by atoms with Crippen LogP contribution in [0.3, 0.4) is 0 Å². The Kier molecular flexibility index (Phi) is 8.21. The van der Waals surface area contributed by atoms with Crippen LogP contribution in [0.1, 0.15) is 0 Å². The molecule has 0 fully saturated rings. The number of para-hydroxylation sites is 1. The number of anilines is 1. The van der Waals surface area contributed by atoms with Gasteiger partial charge in [-0.25, -0.2) is 0 Å². The third-order valence-corrected chi connectivity index (χ3v) is 15.7. The van der Waals surface area contributed by atoms with Crippen molar-refractivity contribution in [1.82, 2.24) is 0 Å². The fourth-order valence-electron chi connectivity index (χ4n) is 7.14. The number of hydrogen-bond donors (Lipinski definition) is 0. The summed E-state index contributed by atoms with van der Waals surface area (Å²) in [5.74, 6) is 2.96. The SMILES string of the molecule is c1ccc(N(P2Oc3ccc4ccccc4c3Sc3c(ccc4ccccc34)O2)P2Oc3ccc4ccccc4c3Sc3c(ccc4ccccc34)O2)cc1. The van der Waals surface area contributed by atoms with E-state index in [-0.39, 0.29) is 0 Å². The molecule has 2 heterocycles. The van der Waals surface area contributed by atoms with E-state index in [1.54, 1.807) is 23.5 Å². The first-order valence-electron chi connectivity index (χ1n) is 17.8. The summed E-state index contributed by atoms with van der Waals surface area (Å²) in [6.07, 6.45) is 0. The molecule has 9 heteroatoms. The van der Waals surface area contributed by atoms with Gasteiger partial charge in [0.1, 0.15) is 23.0 Å². The molecule has 55 heavy (non-hydrogen) atoms. The molecule has 0 bridgehead atoms. The van der Waals surface area contributed by atoms with E-state index in [1.807, 2.05) is 18.2 Å². The van der Waals surface area contributed by atoms with E-state index in [4.69, 9.17) is 18.1 Å². The normalized spacial score (nSPS) is 14.1. The van der Waals surface area contributed by atoms with Crippen molar-refractivity contribution in [3.05, 3.63) is 176 Å². The highest BCUT2D eigenvalue weighted by atomic mass is 32.2. The first-order chi connectivity index (χ1) is 27.2. The monoisotopic (exact) mass is 785 g/mol. The van der Waals surface area contributed by atoms with E-state index in [0.717, 1.165) is 91.4 Å². The summed E-state index contributed by atoms with van der Waals surface area (Å²) in [6, 6.07) is 60.8. The molecule has 2 aliphatic heterocycles. The predicted molar refractivity (Wildman–Crippen MR) is 229 cm³/mol. The lowest BCUT2D eigenvalue weighted by Gasteiger charge is -2.36. The van der Waals surface area contributed by atoms with Gasteiger partial charge in [0.25, 0.3) is 0 Å². The van der Waals surface area contributed by atoms with Crippen LogP contribution in [-0.2, 0) is 0 Å². The Morgan fingerprint density at radius 1 is 0.309 bits per heavy atom. The Morgan fingerprint density at radius 2 is 0.600 bits per heavy atom. The topological polar surface area (TPSA) is 40.2 Å². The Hall–Kier alpha value is -5.42. The molecule has 9 aromatic carbocycles. The predicted octanol–water partition coefficient (Wildman–Crippen LogP) is 14.8. The maximum Gasteiger partial charge on any atom is 0.426 e. The van der Waals surface area contributed by atoms with E-state index < -0.39 is 17.1 Å². The minimum Gasteiger partial charge on any atom is -0.421 e. The fourth-order valence-corrected chi connectivity index (χ4v) is 13.0. The lowest BCUT2D eigenvalue weighted by molar-refractivity contribution is 0.457. The molecule has 5 nitrogen and oxygen atoms in total. The lowest BCUT2D eigenvalue weighted by atomic mass is 10.1. The van der Waals surface area contributed by atoms with Gasteiger partial charge in [-0.3, -0.25) is 0 Å². The van der Waals surface area contributed by atoms with Crippen molar-refractivity contribution in [3.63, 3.8) is 0 Å². The van der Waals surface area contributed by atoms with Crippen molar-refractivity contribution in [3.8, 4) is 23.0 Å². The van der Waals surface area contributed by atoms with Gasteiger partial charge in [0.05, 0.1) is 25.3 Å². The van der Waals surface area contributed by atoms with Crippen LogP contribution in [0.5, 0.6) is 23.0 Å². The molecule has 0 unspecified atom stereocenters. The molecule has 0 amide bonds. The molecule has 264 valence electrons. The zero-order chi connectivity index (χ0) is 36.3. The molecule has 0 atom stereocenters. The van der Waals surface area contributed by atoms with Crippen LogP contribution in [-0.4, -0.2) is 0 Å². The minimum atomic E-state index is -1.94. The maximum absolute atomic E-state index is 7.17. The van der Waals surface area contributed by atoms with E-state index in [1.165, 1.54) is 0 Å². The third-order valence-electron chi connectivity index (χ3n) is 9.78. The van der Waals surface area contributed by atoms with Crippen LogP contribution >= 0.6 is 40.6 Å². The quantitative estimate of drug-likeness (QED) is 0.165. The van der Waals surface area contributed by atoms with Crippen molar-refractivity contribution in [2.45, 2.75) is 19.6 Å². The average Bonchev–Trinajstić information content (AvgIpc) is 3.22. The first kappa shape index (κ1) is 33.0. The van der Waals surface area contributed by atoms with Crippen molar-refractivity contribution >= 4 is 89.4 Å². The molecule has 0 radical (unpaired) electrons. The van der Waals surface area contributed by atoms with Crippen LogP contribution in [0.2, 0.25) is 0 Å². The molecule has 11 rings (SSSR count). The molecule has 0 N–H and O–H groups in total. The second kappa shape index (κ2) is 13.7. The van der Waals surface area contributed by atoms with Gasteiger partial charge in [-0.05, 0) is 79.5 Å². The van der Waals surface area contributed by atoms with E-state index in [9.17, 15) is 0 Å². The number of hydrogen-bond acceptors (Lipinski definition) is 7. The van der Waals surface area contributed by atoms with Crippen LogP contribution in [0.15, 0.2) is 196 Å². The molecular formula is C46H29NO4P2S2. The smallest absolute Gasteiger partial charge is 0.421 e. The standard InChI is InChI=1S/C46H29NO4P2S2/c1-2-16-34(17-3-1)47(52-48-39-26-22-30-12-4-8-18-35(30)43(39)54-44-36-19-9-5-13-31(36)23-27-40(44)49-52)53-50-41-28-24-32-14-6-10-20-37(32)45(41)55-46-38-21-11-7-15-33(38)25-29-42(46)51-53/h1-29H. The number of nitrogens with zero attached hydrogens (tertiary/aromatic N) is 1. The Bertz CT molecular complexity index is 2590. The zero-order valence-electron chi connectivity index (χ0n) is 29.0. The van der Waals surface area contributed by atoms with Gasteiger partial charge >= 0.3 is 17.1 Å². The van der Waals surface area contributed by atoms with E-state index in [2.05, 4.69) is 162 Å². The number of benzene rings is 9. The largest absolute Gasteiger partial charge is 0.426 e. The highest BCUT2D eigenvalue weighted by Crippen LogP contribution is 2.65. The van der Waals surface area contributed by atoms with Crippen molar-refractivity contribution in [2.24, 2.45) is 0 Å². The molecule has 0 spiro atoms. The minimum absolute atomic E-state index is 0.740. The van der Waals surface area contributed by atoms with Crippen LogP contribution in [0.25, 0.3) is 43.1 Å². The molecule has 0 aliphatic carbocycles. The fraction of sp³-hybridized carbons (Fsp3) is 0. The van der Waals surface area contributed by atoms with Gasteiger partial charge in [0, 0.05) is 0 Å². The molecule has 0 saturated carbocycles. The second-order valence-electron chi connectivity index (χ2n) is 13.1. The average molecular weight is 786 g/mol. The highest BCUT2D eigenvalue weighted by molar-refractivity contribution is 8.00. The Morgan fingerprint density at radius 3 is 0.927 bits per heavy atom. The van der Waals surface area contributed by atoms with Gasteiger partial charge < -0.3 is 18.1 Å². The lowest BCUT2D eigenvalue weighted by Crippen LogP contribution is -2.23. The molecule has 2 aliphatic rings. The van der Waals surface area contributed by atoms with Gasteiger partial charge in [-0.2, -0.15) is 4.44 Å². The number of rotatable bonds is 3. The highest BCUT2D eigenvalue weighted by Gasteiger charge is 2.42. The summed E-state index contributed by atoms with van der Waals surface area (Å²) in [5, 5.41) is 9.06. The summed E-state index contributed by atoms with van der Waals surface area (Å²) < 4.78 is 30.8. The van der Waals surface area contributed by atoms with Gasteiger partial charge in [0.15, 0.2) is 0 Å². The maximum atomic E-state index is 7.17. The van der Waals surface area contributed by atoms with Crippen LogP contribution in [0.4, 0.5) is 5.69 Å². The summed E-state index contributed by atoms with van der Waals surface area (Å²) in [7, 11) is -3.88. The Labute approximate surface area is 328 Å². The van der Waals surface area contributed by atoms with Crippen molar-refractivity contribution < 1.29 is 18.1 Å². The zero-order valence-corrected chi connectivity index (χ0v) is 32.5. The van der Waals surface area contributed by atoms with Crippen LogP contribution in [0, 0.1) is 0 Å². The molecule has 0 saturated heterocycles. The molecule has 9 aromatic rings. The molecular weight excluding hydrogens is 757 g/mol. The van der Waals surface area contributed by atoms with Gasteiger partial charge in [-0.1, -0.05) is 163 Å². The summed E-state index contributed by atoms with van der Waals surface area (Å²) in [6.45, 7) is 0. The Balaban J connectivity index is 1.14. The van der Waals surface area contributed by atoms with Gasteiger partial charge in [-0.15, -0.1) is 0 Å². The van der Waals surface area contributed by atoms with Crippen molar-refractivity contribution in [1.29, 1.82) is 0 Å². The molecule has 0 aromatic heterocycles. The second-order valence-corrected chi connectivity index (χ2v) is 18.0. The summed E-state index contributed by atoms with van der Waals surface area (Å²) in [5.41, 5.74) is 0.857. The third kappa shape index (κ3) is 5.82.